The van der Waals surface area contributed by atoms with Crippen LogP contribution in [-0.4, -0.2) is 44.5 Å². The van der Waals surface area contributed by atoms with E-state index in [0.717, 1.165) is 24.3 Å². The first-order valence-corrected chi connectivity index (χ1v) is 10.4. The molecule has 1 heterocycles. The number of nitrogens with one attached hydrogen (secondary N) is 1. The number of carbonyl (C=O) groups is 2. The first-order valence-electron chi connectivity index (χ1n) is 10.4. The lowest BCUT2D eigenvalue weighted by Gasteiger charge is -2.24. The zero-order valence-corrected chi connectivity index (χ0v) is 19.4. The van der Waals surface area contributed by atoms with Gasteiger partial charge in [0.2, 0.25) is 0 Å². The summed E-state index contributed by atoms with van der Waals surface area (Å²) in [5.74, 6) is -1.78. The predicted octanol–water partition coefficient (Wildman–Crippen LogP) is 5.04. The molecule has 0 bridgehead atoms. The van der Waals surface area contributed by atoms with Crippen molar-refractivity contribution in [2.75, 3.05) is 12.4 Å². The van der Waals surface area contributed by atoms with Crippen LogP contribution in [-0.2, 0) is 17.5 Å². The number of nitrogens with zero attached hydrogens (tertiary/aromatic N) is 4. The largest absolute Gasteiger partial charge is 0.444 e. The number of amides is 2. The van der Waals surface area contributed by atoms with Crippen LogP contribution in [0, 0.1) is 5.82 Å². The van der Waals surface area contributed by atoms with Crippen LogP contribution in [0.3, 0.4) is 0 Å². The zero-order valence-electron chi connectivity index (χ0n) is 19.4. The number of alkyl halides is 3. The SMILES string of the molecule is CN(Cc1cccc(NC(=O)c2nnn(-c3ccc(F)cc3)c2C(F)(F)F)c1)C(=O)OC(C)(C)C. The summed E-state index contributed by atoms with van der Waals surface area (Å²) in [5.41, 5.74) is -2.35. The summed E-state index contributed by atoms with van der Waals surface area (Å²) >= 11 is 0. The Hall–Kier alpha value is -3.96. The van der Waals surface area contributed by atoms with Gasteiger partial charge in [-0.3, -0.25) is 4.79 Å². The summed E-state index contributed by atoms with van der Waals surface area (Å²) in [6.45, 7) is 5.33. The standard InChI is InChI=1S/C23H23F4N5O3/c1-22(2,3)35-21(34)31(4)13-14-6-5-7-16(12-14)28-20(33)18-19(23(25,26)27)32(30-29-18)17-10-8-15(24)9-11-17/h5-12H,13H2,1-4H3,(H,28,33). The van der Waals surface area contributed by atoms with Gasteiger partial charge in [0.15, 0.2) is 11.4 Å². The summed E-state index contributed by atoms with van der Waals surface area (Å²) in [6, 6.07) is 10.4. The number of aromatic nitrogens is 3. The highest BCUT2D eigenvalue weighted by Crippen LogP contribution is 2.33. The number of benzene rings is 2. The van der Waals surface area contributed by atoms with Crippen molar-refractivity contribution < 1.29 is 31.9 Å². The smallest absolute Gasteiger partial charge is 0.435 e. The van der Waals surface area contributed by atoms with Crippen molar-refractivity contribution in [3.05, 3.63) is 71.3 Å². The average Bonchev–Trinajstić information content (AvgIpc) is 3.19. The highest BCUT2D eigenvalue weighted by Gasteiger charge is 2.42. The molecule has 0 aliphatic heterocycles. The van der Waals surface area contributed by atoms with E-state index in [2.05, 4.69) is 15.6 Å². The fourth-order valence-electron chi connectivity index (χ4n) is 3.07. The van der Waals surface area contributed by atoms with E-state index in [9.17, 15) is 27.2 Å². The second-order valence-corrected chi connectivity index (χ2v) is 8.66. The zero-order chi connectivity index (χ0) is 26.0. The van der Waals surface area contributed by atoms with Gasteiger partial charge >= 0.3 is 12.3 Å². The number of hydrogen-bond acceptors (Lipinski definition) is 5. The normalized spacial score (nSPS) is 11.8. The van der Waals surface area contributed by atoms with E-state index in [1.54, 1.807) is 32.9 Å². The summed E-state index contributed by atoms with van der Waals surface area (Å²) in [7, 11) is 1.53. The first kappa shape index (κ1) is 25.7. The Morgan fingerprint density at radius 1 is 1.09 bits per heavy atom. The summed E-state index contributed by atoms with van der Waals surface area (Å²) < 4.78 is 60.3. The molecule has 1 N–H and O–H groups in total. The fraction of sp³-hybridized carbons (Fsp3) is 0.304. The molecule has 2 amide bonds. The van der Waals surface area contributed by atoms with Gasteiger partial charge in [-0.15, -0.1) is 5.10 Å². The van der Waals surface area contributed by atoms with Crippen molar-refractivity contribution >= 4 is 17.7 Å². The lowest BCUT2D eigenvalue weighted by molar-refractivity contribution is -0.143. The molecular weight excluding hydrogens is 470 g/mol. The molecule has 2 aromatic carbocycles. The number of anilines is 1. The summed E-state index contributed by atoms with van der Waals surface area (Å²) in [5, 5.41) is 9.26. The molecule has 35 heavy (non-hydrogen) atoms. The molecule has 0 aliphatic rings. The fourth-order valence-corrected chi connectivity index (χ4v) is 3.07. The molecule has 12 heteroatoms. The number of hydrogen-bond donors (Lipinski definition) is 1. The van der Waals surface area contributed by atoms with Crippen molar-refractivity contribution in [1.82, 2.24) is 19.9 Å². The third-order valence-corrected chi connectivity index (χ3v) is 4.53. The van der Waals surface area contributed by atoms with Crippen LogP contribution in [0.1, 0.15) is 42.5 Å². The highest BCUT2D eigenvalue weighted by atomic mass is 19.4. The first-order chi connectivity index (χ1) is 16.2. The van der Waals surface area contributed by atoms with Crippen LogP contribution >= 0.6 is 0 Å². The van der Waals surface area contributed by atoms with Gasteiger partial charge in [-0.05, 0) is 62.7 Å². The average molecular weight is 493 g/mol. The summed E-state index contributed by atoms with van der Waals surface area (Å²) in [6.07, 6.45) is -5.53. The van der Waals surface area contributed by atoms with Crippen LogP contribution in [0.5, 0.6) is 0 Å². The van der Waals surface area contributed by atoms with Crippen LogP contribution in [0.15, 0.2) is 48.5 Å². The van der Waals surface area contributed by atoms with Crippen molar-refractivity contribution in [3.63, 3.8) is 0 Å². The molecule has 0 saturated carbocycles. The molecule has 3 aromatic rings. The highest BCUT2D eigenvalue weighted by molar-refractivity contribution is 6.03. The molecule has 3 rings (SSSR count). The van der Waals surface area contributed by atoms with E-state index >= 15 is 0 Å². The molecule has 0 atom stereocenters. The third kappa shape index (κ3) is 6.55. The van der Waals surface area contributed by atoms with Gasteiger partial charge in [-0.1, -0.05) is 17.3 Å². The third-order valence-electron chi connectivity index (χ3n) is 4.53. The van der Waals surface area contributed by atoms with Crippen LogP contribution in [0.4, 0.5) is 28.0 Å². The van der Waals surface area contributed by atoms with Crippen LogP contribution in [0.25, 0.3) is 5.69 Å². The van der Waals surface area contributed by atoms with E-state index < -0.39 is 41.0 Å². The Bertz CT molecular complexity index is 1220. The second kappa shape index (κ2) is 9.72. The van der Waals surface area contributed by atoms with E-state index in [1.165, 1.54) is 24.1 Å². The van der Waals surface area contributed by atoms with E-state index in [0.29, 0.717) is 10.2 Å². The number of halogens is 4. The molecule has 0 saturated heterocycles. The maximum absolute atomic E-state index is 13.8. The Balaban J connectivity index is 1.82. The Kier molecular flexibility index (Phi) is 7.13. The van der Waals surface area contributed by atoms with E-state index in [1.807, 2.05) is 0 Å². The van der Waals surface area contributed by atoms with Gasteiger partial charge < -0.3 is 15.0 Å². The molecule has 0 fully saturated rings. The quantitative estimate of drug-likeness (QED) is 0.503. The topological polar surface area (TPSA) is 89.4 Å². The monoisotopic (exact) mass is 493 g/mol. The molecule has 8 nitrogen and oxygen atoms in total. The van der Waals surface area contributed by atoms with Gasteiger partial charge in [-0.25, -0.2) is 13.9 Å². The van der Waals surface area contributed by atoms with Gasteiger partial charge in [0, 0.05) is 19.3 Å². The molecule has 0 radical (unpaired) electrons. The molecule has 186 valence electrons. The van der Waals surface area contributed by atoms with Gasteiger partial charge in [-0.2, -0.15) is 13.2 Å². The van der Waals surface area contributed by atoms with Gasteiger partial charge in [0.25, 0.3) is 5.91 Å². The maximum Gasteiger partial charge on any atom is 0.435 e. The maximum atomic E-state index is 13.8. The Labute approximate surface area is 198 Å². The molecule has 0 unspecified atom stereocenters. The minimum atomic E-state index is -4.97. The van der Waals surface area contributed by atoms with E-state index in [-0.39, 0.29) is 17.9 Å². The minimum absolute atomic E-state index is 0.113. The van der Waals surface area contributed by atoms with Crippen molar-refractivity contribution in [1.29, 1.82) is 0 Å². The molecule has 1 aromatic heterocycles. The minimum Gasteiger partial charge on any atom is -0.444 e. The summed E-state index contributed by atoms with van der Waals surface area (Å²) in [4.78, 5) is 26.2. The van der Waals surface area contributed by atoms with Crippen molar-refractivity contribution in [2.24, 2.45) is 0 Å². The Morgan fingerprint density at radius 3 is 2.34 bits per heavy atom. The van der Waals surface area contributed by atoms with Crippen LogP contribution in [0.2, 0.25) is 0 Å². The predicted molar refractivity (Wildman–Crippen MR) is 118 cm³/mol. The molecule has 0 aliphatic carbocycles. The van der Waals surface area contributed by atoms with E-state index in [4.69, 9.17) is 4.74 Å². The Morgan fingerprint density at radius 2 is 1.74 bits per heavy atom. The number of rotatable bonds is 5. The molecular formula is C23H23F4N5O3. The number of carbonyl (C=O) groups excluding carboxylic acids is 2. The van der Waals surface area contributed by atoms with Gasteiger partial charge in [0.1, 0.15) is 11.4 Å². The van der Waals surface area contributed by atoms with Crippen molar-refractivity contribution in [3.8, 4) is 5.69 Å². The van der Waals surface area contributed by atoms with Crippen LogP contribution < -0.4 is 5.32 Å². The lowest BCUT2D eigenvalue weighted by atomic mass is 10.2. The molecule has 0 spiro atoms. The van der Waals surface area contributed by atoms with Gasteiger partial charge in [0.05, 0.1) is 5.69 Å². The second-order valence-electron chi connectivity index (χ2n) is 8.66. The van der Waals surface area contributed by atoms with Crippen molar-refractivity contribution in [2.45, 2.75) is 39.1 Å². The lowest BCUT2D eigenvalue weighted by Crippen LogP contribution is -2.33. The number of ether oxygens (including phenoxy) is 1.